The monoisotopic (exact) mass is 490 g/mol. The molecule has 0 amide bonds. The Morgan fingerprint density at radius 2 is 1.48 bits per heavy atom. The van der Waals surface area contributed by atoms with E-state index in [1.54, 1.807) is 26.4 Å². The van der Waals surface area contributed by atoms with Crippen LogP contribution < -0.4 is 9.22 Å². The van der Waals surface area contributed by atoms with Crippen LogP contribution in [0.2, 0.25) is 0 Å². The maximum absolute atomic E-state index is 11.8. The number of ketones is 1. The van der Waals surface area contributed by atoms with Gasteiger partial charge < -0.3 is 19.6 Å². The third-order valence-electron chi connectivity index (χ3n) is 4.64. The number of nitrogens with zero attached hydrogens (tertiary/aromatic N) is 3. The van der Waals surface area contributed by atoms with Crippen LogP contribution in [0.25, 0.3) is 0 Å². The standard InChI is InChI=1S/C22H24N3O2.2CH3.ClH.Cu/c1-17(26)18-10-11-21(22(14-18)27-3)25(2,15-19-8-4-6-12-23-19)16-20-9-5-7-13-24-20;;;;/h4-14H,15-16H2,1-3H3;2*1H3;1H;/q+1;2*-1;;+1/p-1. The Balaban J connectivity index is 0.00000219. The zero-order valence-corrected chi connectivity index (χ0v) is 20.3. The van der Waals surface area contributed by atoms with Gasteiger partial charge in [0.1, 0.15) is 13.1 Å². The van der Waals surface area contributed by atoms with Crippen molar-refractivity contribution in [3.8, 4) is 5.75 Å². The summed E-state index contributed by atoms with van der Waals surface area (Å²) < 4.78 is 6.17. The van der Waals surface area contributed by atoms with E-state index in [2.05, 4.69) is 42.2 Å². The van der Waals surface area contributed by atoms with Gasteiger partial charge in [0.2, 0.25) is 0 Å². The SMILES string of the molecule is COc1cc(C(C)=O)ccc1[N+](C)(Cc1ccccn1)Cc1ccccn1.[CH3-].[CH3-].[Cl][Cu]. The third kappa shape index (κ3) is 7.75. The molecule has 0 radical (unpaired) electrons. The van der Waals surface area contributed by atoms with Crippen molar-refractivity contribution in [3.63, 3.8) is 0 Å². The van der Waals surface area contributed by atoms with Gasteiger partial charge in [-0.15, -0.1) is 0 Å². The number of benzene rings is 1. The normalized spacial score (nSPS) is 10.0. The molecule has 0 aliphatic heterocycles. The van der Waals surface area contributed by atoms with Crippen molar-refractivity contribution in [2.45, 2.75) is 20.0 Å². The molecule has 0 bridgehead atoms. The number of ether oxygens (including phenoxy) is 1. The fourth-order valence-electron chi connectivity index (χ4n) is 3.27. The van der Waals surface area contributed by atoms with Crippen LogP contribution in [-0.2, 0) is 28.2 Å². The Labute approximate surface area is 199 Å². The third-order valence-corrected chi connectivity index (χ3v) is 4.64. The molecule has 0 unspecified atom stereocenters. The average molecular weight is 492 g/mol. The summed E-state index contributed by atoms with van der Waals surface area (Å²) in [5, 5.41) is 0. The van der Waals surface area contributed by atoms with Crippen molar-refractivity contribution in [2.24, 2.45) is 0 Å². The minimum absolute atomic E-state index is 0. The van der Waals surface area contributed by atoms with E-state index in [1.165, 1.54) is 0 Å². The number of carbonyl (C=O) groups excluding carboxylic acids is 1. The molecule has 0 saturated heterocycles. The first-order valence-electron chi connectivity index (χ1n) is 8.97. The molecule has 1 aromatic carbocycles. The number of hydrogen-bond acceptors (Lipinski definition) is 4. The molecule has 0 aliphatic rings. The average Bonchev–Trinajstić information content (AvgIpc) is 2.76. The van der Waals surface area contributed by atoms with Crippen molar-refractivity contribution in [1.82, 2.24) is 14.5 Å². The predicted octanol–water partition coefficient (Wildman–Crippen LogP) is 5.61. The fourth-order valence-corrected chi connectivity index (χ4v) is 3.27. The first kappa shape index (κ1) is 28.8. The van der Waals surface area contributed by atoms with E-state index in [0.29, 0.717) is 28.9 Å². The van der Waals surface area contributed by atoms with Gasteiger partial charge in [-0.25, -0.2) is 0 Å². The van der Waals surface area contributed by atoms with Gasteiger partial charge in [0, 0.05) is 24.0 Å². The van der Waals surface area contributed by atoms with Crippen LogP contribution >= 0.6 is 10.1 Å². The van der Waals surface area contributed by atoms with Gasteiger partial charge in [0.05, 0.1) is 25.5 Å². The molecular formula is C24H30ClCuN3O2-. The molecular weight excluding hydrogens is 461 g/mol. The van der Waals surface area contributed by atoms with E-state index < -0.39 is 0 Å². The summed E-state index contributed by atoms with van der Waals surface area (Å²) in [5.74, 6) is 0.709. The minimum atomic E-state index is 0. The second kappa shape index (κ2) is 13.9. The van der Waals surface area contributed by atoms with E-state index in [0.717, 1.165) is 17.1 Å². The molecule has 7 heteroatoms. The van der Waals surface area contributed by atoms with Crippen molar-refractivity contribution < 1.29 is 24.6 Å². The van der Waals surface area contributed by atoms with Crippen LogP contribution in [0.15, 0.2) is 67.0 Å². The van der Waals surface area contributed by atoms with Crippen molar-refractivity contribution >= 4 is 21.6 Å². The van der Waals surface area contributed by atoms with E-state index in [1.807, 2.05) is 54.6 Å². The molecule has 0 fully saturated rings. The number of rotatable bonds is 7. The van der Waals surface area contributed by atoms with E-state index in [9.17, 15) is 4.79 Å². The number of Topliss-reactive ketones (excluding diaryl/α,β-unsaturated/α-hetero) is 1. The number of carbonyl (C=O) groups is 1. The predicted molar refractivity (Wildman–Crippen MR) is 125 cm³/mol. The Morgan fingerprint density at radius 3 is 1.87 bits per heavy atom. The van der Waals surface area contributed by atoms with E-state index in [4.69, 9.17) is 4.74 Å². The summed E-state index contributed by atoms with van der Waals surface area (Å²) in [6, 6.07) is 17.5. The van der Waals surface area contributed by atoms with Crippen LogP contribution in [0.5, 0.6) is 5.75 Å². The number of aromatic nitrogens is 2. The zero-order valence-electron chi connectivity index (χ0n) is 18.6. The molecule has 0 aliphatic carbocycles. The molecule has 0 N–H and O–H groups in total. The van der Waals surface area contributed by atoms with Crippen molar-refractivity contribution in [1.29, 1.82) is 0 Å². The summed E-state index contributed by atoms with van der Waals surface area (Å²) in [7, 11) is 7.97. The molecule has 0 saturated carbocycles. The summed E-state index contributed by atoms with van der Waals surface area (Å²) in [6.45, 7) is 2.91. The van der Waals surface area contributed by atoms with Gasteiger partial charge in [-0.3, -0.25) is 19.2 Å². The Bertz CT molecular complexity index is 883. The number of hydrogen-bond donors (Lipinski definition) is 0. The first-order valence-corrected chi connectivity index (χ1v) is 10.3. The van der Waals surface area contributed by atoms with Crippen LogP contribution in [0, 0.1) is 14.9 Å². The first-order chi connectivity index (χ1) is 14.0. The number of quaternary nitrogens is 1. The van der Waals surface area contributed by atoms with Gasteiger partial charge in [-0.1, -0.05) is 12.1 Å². The molecule has 172 valence electrons. The quantitative estimate of drug-likeness (QED) is 0.187. The van der Waals surface area contributed by atoms with Crippen molar-refractivity contribution in [3.05, 3.63) is 98.8 Å². The van der Waals surface area contributed by atoms with Crippen LogP contribution in [0.4, 0.5) is 5.69 Å². The van der Waals surface area contributed by atoms with Gasteiger partial charge in [-0.2, -0.15) is 0 Å². The molecule has 31 heavy (non-hydrogen) atoms. The molecule has 2 aromatic heterocycles. The van der Waals surface area contributed by atoms with Gasteiger partial charge in [0.25, 0.3) is 0 Å². The fraction of sp³-hybridized carbons (Fsp3) is 0.208. The molecule has 0 spiro atoms. The van der Waals surface area contributed by atoms with Crippen LogP contribution in [0.3, 0.4) is 0 Å². The molecule has 3 aromatic rings. The van der Waals surface area contributed by atoms with Gasteiger partial charge in [0.15, 0.2) is 17.2 Å². The Kier molecular flexibility index (Phi) is 12.9. The van der Waals surface area contributed by atoms with E-state index >= 15 is 0 Å². The van der Waals surface area contributed by atoms with Crippen LogP contribution in [-0.4, -0.2) is 29.9 Å². The summed E-state index contributed by atoms with van der Waals surface area (Å²) in [4.78, 5) is 20.8. The summed E-state index contributed by atoms with van der Waals surface area (Å²) in [6.07, 6.45) is 3.60. The summed E-state index contributed by atoms with van der Waals surface area (Å²) >= 11 is 3.66. The molecule has 5 nitrogen and oxygen atoms in total. The zero-order chi connectivity index (χ0) is 21.3. The molecule has 0 atom stereocenters. The Hall–Kier alpha value is -2.24. The van der Waals surface area contributed by atoms with E-state index in [-0.39, 0.29) is 20.6 Å². The topological polar surface area (TPSA) is 52.1 Å². The number of pyridine rings is 2. The van der Waals surface area contributed by atoms with Crippen LogP contribution in [0.1, 0.15) is 28.7 Å². The number of methoxy groups -OCH3 is 1. The maximum atomic E-state index is 11.8. The van der Waals surface area contributed by atoms with Gasteiger partial charge >= 0.3 is 25.2 Å². The Morgan fingerprint density at radius 1 is 0.968 bits per heavy atom. The second-order valence-corrected chi connectivity index (χ2v) is 6.80. The molecule has 2 heterocycles. The number of halogens is 1. The van der Waals surface area contributed by atoms with Crippen molar-refractivity contribution in [2.75, 3.05) is 14.2 Å². The van der Waals surface area contributed by atoms with Gasteiger partial charge in [-0.05, 0) is 43.3 Å². The summed E-state index contributed by atoms with van der Waals surface area (Å²) in [5.41, 5.74) is 3.58. The second-order valence-electron chi connectivity index (χ2n) is 6.80. The molecule has 3 rings (SSSR count).